The monoisotopic (exact) mass is 248 g/mol. The normalized spacial score (nSPS) is 16.8. The van der Waals surface area contributed by atoms with E-state index in [1.54, 1.807) is 12.5 Å². The standard InChI is InChI=1S/C13H16N2OS/c14-15-13(10-5-6-16-8-10)12-7-9-3-1-2-4-11(9)17-12/h5-8,13,15H,1-4,14H2. The zero-order chi connectivity index (χ0) is 11.7. The van der Waals surface area contributed by atoms with Crippen molar-refractivity contribution in [2.45, 2.75) is 31.7 Å². The van der Waals surface area contributed by atoms with Crippen LogP contribution in [0.3, 0.4) is 0 Å². The van der Waals surface area contributed by atoms with Crippen LogP contribution in [0.15, 0.2) is 29.1 Å². The van der Waals surface area contributed by atoms with Gasteiger partial charge in [0.1, 0.15) is 0 Å². The van der Waals surface area contributed by atoms with Crippen molar-refractivity contribution >= 4 is 11.3 Å². The molecule has 3 N–H and O–H groups in total. The summed E-state index contributed by atoms with van der Waals surface area (Å²) in [5.41, 5.74) is 5.48. The van der Waals surface area contributed by atoms with Gasteiger partial charge in [-0.2, -0.15) is 0 Å². The van der Waals surface area contributed by atoms with Crippen LogP contribution in [-0.2, 0) is 12.8 Å². The summed E-state index contributed by atoms with van der Waals surface area (Å²) >= 11 is 1.88. The molecule has 0 saturated carbocycles. The Labute approximate surface area is 105 Å². The number of fused-ring (bicyclic) bond motifs is 1. The molecule has 0 fully saturated rings. The minimum Gasteiger partial charge on any atom is -0.472 e. The lowest BCUT2D eigenvalue weighted by Crippen LogP contribution is -2.27. The van der Waals surface area contributed by atoms with Gasteiger partial charge in [0.05, 0.1) is 18.6 Å². The number of furan rings is 1. The van der Waals surface area contributed by atoms with Gasteiger partial charge in [0, 0.05) is 15.3 Å². The van der Waals surface area contributed by atoms with Crippen LogP contribution in [0.5, 0.6) is 0 Å². The van der Waals surface area contributed by atoms with E-state index in [4.69, 9.17) is 10.3 Å². The molecule has 0 radical (unpaired) electrons. The van der Waals surface area contributed by atoms with Crippen LogP contribution in [0.2, 0.25) is 0 Å². The van der Waals surface area contributed by atoms with Gasteiger partial charge in [-0.05, 0) is 43.4 Å². The van der Waals surface area contributed by atoms with Crippen molar-refractivity contribution < 1.29 is 4.42 Å². The second-order valence-corrected chi connectivity index (χ2v) is 5.63. The maximum absolute atomic E-state index is 5.67. The molecule has 2 aromatic heterocycles. The van der Waals surface area contributed by atoms with Crippen molar-refractivity contribution in [1.29, 1.82) is 0 Å². The maximum atomic E-state index is 5.67. The molecule has 0 bridgehead atoms. The van der Waals surface area contributed by atoms with E-state index in [2.05, 4.69) is 11.5 Å². The summed E-state index contributed by atoms with van der Waals surface area (Å²) < 4.78 is 5.13. The van der Waals surface area contributed by atoms with Crippen molar-refractivity contribution in [2.24, 2.45) is 5.84 Å². The lowest BCUT2D eigenvalue weighted by molar-refractivity contribution is 0.554. The van der Waals surface area contributed by atoms with Crippen molar-refractivity contribution in [3.63, 3.8) is 0 Å². The number of hydrazine groups is 1. The molecule has 0 aromatic carbocycles. The molecule has 3 nitrogen and oxygen atoms in total. The van der Waals surface area contributed by atoms with Crippen LogP contribution in [0.25, 0.3) is 0 Å². The van der Waals surface area contributed by atoms with E-state index in [0.29, 0.717) is 0 Å². The molecule has 0 spiro atoms. The highest BCUT2D eigenvalue weighted by Gasteiger charge is 2.20. The quantitative estimate of drug-likeness (QED) is 0.648. The first kappa shape index (κ1) is 11.0. The van der Waals surface area contributed by atoms with Crippen molar-refractivity contribution in [3.05, 3.63) is 45.5 Å². The van der Waals surface area contributed by atoms with Gasteiger partial charge in [-0.25, -0.2) is 5.43 Å². The van der Waals surface area contributed by atoms with E-state index >= 15 is 0 Å². The van der Waals surface area contributed by atoms with Gasteiger partial charge in [0.25, 0.3) is 0 Å². The summed E-state index contributed by atoms with van der Waals surface area (Å²) in [6.45, 7) is 0. The fraction of sp³-hybridized carbons (Fsp3) is 0.385. The van der Waals surface area contributed by atoms with Gasteiger partial charge in [0.2, 0.25) is 0 Å². The first-order valence-corrected chi connectivity index (χ1v) is 6.80. The maximum Gasteiger partial charge on any atom is 0.0954 e. The summed E-state index contributed by atoms with van der Waals surface area (Å²) in [6, 6.07) is 4.32. The van der Waals surface area contributed by atoms with Gasteiger partial charge in [0.15, 0.2) is 0 Å². The largest absolute Gasteiger partial charge is 0.472 e. The number of hydrogen-bond acceptors (Lipinski definition) is 4. The number of rotatable bonds is 3. The highest BCUT2D eigenvalue weighted by atomic mass is 32.1. The minimum absolute atomic E-state index is 0.0596. The van der Waals surface area contributed by atoms with Gasteiger partial charge in [-0.15, -0.1) is 11.3 Å². The Morgan fingerprint density at radius 3 is 2.94 bits per heavy atom. The van der Waals surface area contributed by atoms with Crippen molar-refractivity contribution in [2.75, 3.05) is 0 Å². The number of thiophene rings is 1. The van der Waals surface area contributed by atoms with E-state index in [1.807, 2.05) is 17.4 Å². The molecule has 1 atom stereocenters. The van der Waals surface area contributed by atoms with E-state index in [-0.39, 0.29) is 6.04 Å². The fourth-order valence-electron chi connectivity index (χ4n) is 2.44. The molecule has 3 rings (SSSR count). The number of aryl methyl sites for hydroxylation is 2. The second-order valence-electron chi connectivity index (χ2n) is 4.46. The van der Waals surface area contributed by atoms with Crippen molar-refractivity contribution in [3.8, 4) is 0 Å². The van der Waals surface area contributed by atoms with Crippen LogP contribution >= 0.6 is 11.3 Å². The lowest BCUT2D eigenvalue weighted by atomic mass is 9.98. The summed E-state index contributed by atoms with van der Waals surface area (Å²) in [4.78, 5) is 2.83. The first-order chi connectivity index (χ1) is 8.38. The summed E-state index contributed by atoms with van der Waals surface area (Å²) in [6.07, 6.45) is 8.52. The third-order valence-corrected chi connectivity index (χ3v) is 4.65. The third kappa shape index (κ3) is 2.04. The summed E-state index contributed by atoms with van der Waals surface area (Å²) in [5.74, 6) is 5.67. The molecule has 4 heteroatoms. The Hall–Kier alpha value is -1.10. The molecule has 0 amide bonds. The van der Waals surface area contributed by atoms with Gasteiger partial charge in [-0.1, -0.05) is 0 Å². The highest BCUT2D eigenvalue weighted by molar-refractivity contribution is 7.12. The zero-order valence-corrected chi connectivity index (χ0v) is 10.4. The van der Waals surface area contributed by atoms with Crippen LogP contribution in [-0.4, -0.2) is 0 Å². The van der Waals surface area contributed by atoms with Crippen LogP contribution in [0, 0.1) is 0 Å². The Bertz CT molecular complexity index is 466. The molecule has 2 aromatic rings. The topological polar surface area (TPSA) is 51.2 Å². The lowest BCUT2D eigenvalue weighted by Gasteiger charge is -2.11. The third-order valence-electron chi connectivity index (χ3n) is 3.34. The predicted molar refractivity (Wildman–Crippen MR) is 68.8 cm³/mol. The molecule has 0 saturated heterocycles. The molecular weight excluding hydrogens is 232 g/mol. The molecule has 1 aliphatic rings. The summed E-state index contributed by atoms with van der Waals surface area (Å²) in [7, 11) is 0. The van der Waals surface area contributed by atoms with Gasteiger partial charge in [-0.3, -0.25) is 5.84 Å². The van der Waals surface area contributed by atoms with E-state index < -0.39 is 0 Å². The molecule has 0 aliphatic heterocycles. The Morgan fingerprint density at radius 1 is 1.35 bits per heavy atom. The predicted octanol–water partition coefficient (Wildman–Crippen LogP) is 2.77. The average molecular weight is 248 g/mol. The van der Waals surface area contributed by atoms with Gasteiger partial charge < -0.3 is 4.42 Å². The Morgan fingerprint density at radius 2 is 2.24 bits per heavy atom. The molecule has 90 valence electrons. The zero-order valence-electron chi connectivity index (χ0n) is 9.61. The first-order valence-electron chi connectivity index (χ1n) is 5.98. The molecule has 1 unspecified atom stereocenters. The van der Waals surface area contributed by atoms with E-state index in [0.717, 1.165) is 5.56 Å². The fourth-order valence-corrected chi connectivity index (χ4v) is 3.78. The smallest absolute Gasteiger partial charge is 0.0954 e. The minimum atomic E-state index is 0.0596. The molecule has 17 heavy (non-hydrogen) atoms. The van der Waals surface area contributed by atoms with Crippen molar-refractivity contribution in [1.82, 2.24) is 5.43 Å². The average Bonchev–Trinajstić information content (AvgIpc) is 2.98. The number of hydrogen-bond donors (Lipinski definition) is 2. The van der Waals surface area contributed by atoms with Gasteiger partial charge >= 0.3 is 0 Å². The number of nitrogens with two attached hydrogens (primary N) is 1. The SMILES string of the molecule is NNC(c1ccoc1)c1cc2c(s1)CCCC2. The Kier molecular flexibility index (Phi) is 3.01. The molecular formula is C13H16N2OS. The van der Waals surface area contributed by atoms with Crippen LogP contribution in [0.4, 0.5) is 0 Å². The highest BCUT2D eigenvalue weighted by Crippen LogP contribution is 2.35. The molecule has 2 heterocycles. The molecule has 1 aliphatic carbocycles. The summed E-state index contributed by atoms with van der Waals surface area (Å²) in [5, 5.41) is 0. The van der Waals surface area contributed by atoms with E-state index in [9.17, 15) is 0 Å². The Balaban J connectivity index is 1.94. The number of nitrogens with one attached hydrogen (secondary N) is 1. The second kappa shape index (κ2) is 4.64. The van der Waals surface area contributed by atoms with Crippen LogP contribution < -0.4 is 11.3 Å². The van der Waals surface area contributed by atoms with Crippen LogP contribution in [0.1, 0.15) is 39.8 Å². The van der Waals surface area contributed by atoms with E-state index in [1.165, 1.54) is 41.0 Å².